The zero-order valence-corrected chi connectivity index (χ0v) is 8.90. The minimum Gasteiger partial charge on any atom is -0.409 e. The lowest BCUT2D eigenvalue weighted by Gasteiger charge is -2.18. The topological polar surface area (TPSA) is 90.9 Å². The Balaban J connectivity index is 3.45. The van der Waals surface area contributed by atoms with Gasteiger partial charge in [0.2, 0.25) is 0 Å². The van der Waals surface area contributed by atoms with E-state index >= 15 is 0 Å². The SMILES string of the molecule is CC(CO)C(C)NCCCC(N)=NO. The predicted octanol–water partition coefficient (Wildman–Crippen LogP) is 0.120. The third-order valence-electron chi connectivity index (χ3n) is 2.35. The van der Waals surface area contributed by atoms with E-state index in [4.69, 9.17) is 16.0 Å². The van der Waals surface area contributed by atoms with Crippen molar-refractivity contribution in [2.24, 2.45) is 16.8 Å². The summed E-state index contributed by atoms with van der Waals surface area (Å²) < 4.78 is 0. The summed E-state index contributed by atoms with van der Waals surface area (Å²) in [7, 11) is 0. The highest BCUT2D eigenvalue weighted by atomic mass is 16.4. The van der Waals surface area contributed by atoms with Gasteiger partial charge in [-0.05, 0) is 25.8 Å². The summed E-state index contributed by atoms with van der Waals surface area (Å²) in [4.78, 5) is 0. The standard InChI is InChI=1S/C9H21N3O2/c1-7(6-13)8(2)11-5-3-4-9(10)12-14/h7-8,11,13-14H,3-6H2,1-2H3,(H2,10,12). The molecule has 0 saturated carbocycles. The number of rotatable bonds is 7. The molecule has 0 fully saturated rings. The van der Waals surface area contributed by atoms with Gasteiger partial charge in [-0.2, -0.15) is 0 Å². The van der Waals surface area contributed by atoms with Crippen LogP contribution in [0.2, 0.25) is 0 Å². The molecule has 0 heterocycles. The number of hydrogen-bond acceptors (Lipinski definition) is 4. The van der Waals surface area contributed by atoms with Crippen LogP contribution in [0.15, 0.2) is 5.16 Å². The Hall–Kier alpha value is -0.810. The van der Waals surface area contributed by atoms with Crippen LogP contribution in [-0.4, -0.2) is 35.3 Å². The fourth-order valence-corrected chi connectivity index (χ4v) is 1.01. The van der Waals surface area contributed by atoms with Crippen molar-refractivity contribution in [2.45, 2.75) is 32.7 Å². The van der Waals surface area contributed by atoms with Crippen LogP contribution in [0.1, 0.15) is 26.7 Å². The van der Waals surface area contributed by atoms with E-state index in [1.165, 1.54) is 0 Å². The molecule has 0 aromatic rings. The number of aliphatic hydroxyl groups is 1. The Bertz CT molecular complexity index is 173. The molecular weight excluding hydrogens is 182 g/mol. The molecule has 5 nitrogen and oxygen atoms in total. The van der Waals surface area contributed by atoms with Gasteiger partial charge < -0.3 is 21.4 Å². The maximum Gasteiger partial charge on any atom is 0.139 e. The summed E-state index contributed by atoms with van der Waals surface area (Å²) in [5, 5.41) is 23.3. The van der Waals surface area contributed by atoms with Crippen molar-refractivity contribution in [1.29, 1.82) is 0 Å². The molecule has 0 rings (SSSR count). The van der Waals surface area contributed by atoms with E-state index in [0.29, 0.717) is 6.42 Å². The molecule has 0 aromatic heterocycles. The Kier molecular flexibility index (Phi) is 7.14. The van der Waals surface area contributed by atoms with Crippen LogP contribution in [0.5, 0.6) is 0 Å². The summed E-state index contributed by atoms with van der Waals surface area (Å²) in [5.74, 6) is 0.508. The van der Waals surface area contributed by atoms with E-state index in [1.807, 2.05) is 13.8 Å². The summed E-state index contributed by atoms with van der Waals surface area (Å²) in [6, 6.07) is 0.285. The summed E-state index contributed by atoms with van der Waals surface area (Å²) in [6.07, 6.45) is 1.42. The van der Waals surface area contributed by atoms with Crippen molar-refractivity contribution < 1.29 is 10.3 Å². The molecule has 5 N–H and O–H groups in total. The zero-order chi connectivity index (χ0) is 11.0. The maximum absolute atomic E-state index is 8.88. The van der Waals surface area contributed by atoms with Crippen molar-refractivity contribution in [3.63, 3.8) is 0 Å². The Morgan fingerprint density at radius 2 is 2.14 bits per heavy atom. The predicted molar refractivity (Wildman–Crippen MR) is 56.4 cm³/mol. The van der Waals surface area contributed by atoms with E-state index in [9.17, 15) is 0 Å². The highest BCUT2D eigenvalue weighted by Gasteiger charge is 2.09. The largest absolute Gasteiger partial charge is 0.409 e. The molecule has 0 amide bonds. The van der Waals surface area contributed by atoms with Gasteiger partial charge in [0.1, 0.15) is 5.84 Å². The van der Waals surface area contributed by atoms with Gasteiger partial charge in [-0.15, -0.1) is 0 Å². The minimum atomic E-state index is 0.189. The quantitative estimate of drug-likeness (QED) is 0.155. The van der Waals surface area contributed by atoms with Gasteiger partial charge in [0.25, 0.3) is 0 Å². The number of nitrogens with one attached hydrogen (secondary N) is 1. The van der Waals surface area contributed by atoms with Crippen molar-refractivity contribution in [3.8, 4) is 0 Å². The second kappa shape index (κ2) is 7.58. The Morgan fingerprint density at radius 1 is 1.50 bits per heavy atom. The van der Waals surface area contributed by atoms with Crippen LogP contribution in [0, 0.1) is 5.92 Å². The first-order chi connectivity index (χ1) is 6.61. The first kappa shape index (κ1) is 13.2. The van der Waals surface area contributed by atoms with E-state index < -0.39 is 0 Å². The second-order valence-electron chi connectivity index (χ2n) is 3.60. The molecule has 0 saturated heterocycles. The van der Waals surface area contributed by atoms with Crippen LogP contribution in [0.3, 0.4) is 0 Å². The first-order valence-electron chi connectivity index (χ1n) is 4.92. The molecule has 5 heteroatoms. The molecular formula is C9H21N3O2. The molecule has 2 unspecified atom stereocenters. The molecule has 0 aliphatic rings. The molecule has 0 spiro atoms. The van der Waals surface area contributed by atoms with Gasteiger partial charge in [-0.1, -0.05) is 12.1 Å². The molecule has 0 radical (unpaired) electrons. The van der Waals surface area contributed by atoms with E-state index in [1.54, 1.807) is 0 Å². The van der Waals surface area contributed by atoms with Gasteiger partial charge in [0.15, 0.2) is 0 Å². The third-order valence-corrected chi connectivity index (χ3v) is 2.35. The first-order valence-corrected chi connectivity index (χ1v) is 4.92. The number of oxime groups is 1. The number of aliphatic hydroxyl groups excluding tert-OH is 1. The zero-order valence-electron chi connectivity index (χ0n) is 8.90. The maximum atomic E-state index is 8.88. The lowest BCUT2D eigenvalue weighted by molar-refractivity contribution is 0.207. The van der Waals surface area contributed by atoms with Crippen LogP contribution in [-0.2, 0) is 0 Å². The average molecular weight is 203 g/mol. The molecule has 0 aliphatic carbocycles. The number of amidine groups is 1. The lowest BCUT2D eigenvalue weighted by atomic mass is 10.1. The summed E-state index contributed by atoms with van der Waals surface area (Å²) >= 11 is 0. The molecule has 2 atom stereocenters. The Morgan fingerprint density at radius 3 is 2.64 bits per heavy atom. The number of hydrogen-bond donors (Lipinski definition) is 4. The fraction of sp³-hybridized carbons (Fsp3) is 0.889. The Labute approximate surface area is 85.0 Å². The number of nitrogens with two attached hydrogens (primary N) is 1. The number of nitrogens with zero attached hydrogens (tertiary/aromatic N) is 1. The van der Waals surface area contributed by atoms with Crippen molar-refractivity contribution in [2.75, 3.05) is 13.2 Å². The second-order valence-corrected chi connectivity index (χ2v) is 3.60. The molecule has 84 valence electrons. The van der Waals surface area contributed by atoms with E-state index in [-0.39, 0.29) is 24.4 Å². The van der Waals surface area contributed by atoms with Crippen LogP contribution < -0.4 is 11.1 Å². The summed E-state index contributed by atoms with van der Waals surface area (Å²) in [6.45, 7) is 5.02. The van der Waals surface area contributed by atoms with Gasteiger partial charge in [-0.3, -0.25) is 0 Å². The van der Waals surface area contributed by atoms with Crippen LogP contribution in [0.25, 0.3) is 0 Å². The molecule has 0 aliphatic heterocycles. The van der Waals surface area contributed by atoms with Crippen molar-refractivity contribution in [3.05, 3.63) is 0 Å². The van der Waals surface area contributed by atoms with Crippen molar-refractivity contribution in [1.82, 2.24) is 5.32 Å². The summed E-state index contributed by atoms with van der Waals surface area (Å²) in [5.41, 5.74) is 5.31. The van der Waals surface area contributed by atoms with Crippen LogP contribution in [0.4, 0.5) is 0 Å². The van der Waals surface area contributed by atoms with Crippen LogP contribution >= 0.6 is 0 Å². The lowest BCUT2D eigenvalue weighted by Crippen LogP contribution is -2.34. The van der Waals surface area contributed by atoms with E-state index in [2.05, 4.69) is 10.5 Å². The average Bonchev–Trinajstić information content (AvgIpc) is 2.22. The van der Waals surface area contributed by atoms with E-state index in [0.717, 1.165) is 13.0 Å². The van der Waals surface area contributed by atoms with Gasteiger partial charge >= 0.3 is 0 Å². The monoisotopic (exact) mass is 203 g/mol. The molecule has 14 heavy (non-hydrogen) atoms. The van der Waals surface area contributed by atoms with Crippen molar-refractivity contribution >= 4 is 5.84 Å². The molecule has 0 bridgehead atoms. The highest BCUT2D eigenvalue weighted by Crippen LogP contribution is 2.00. The fourth-order valence-electron chi connectivity index (χ4n) is 1.01. The smallest absolute Gasteiger partial charge is 0.139 e. The molecule has 0 aromatic carbocycles. The minimum absolute atomic E-state index is 0.189. The van der Waals surface area contributed by atoms with Gasteiger partial charge in [0, 0.05) is 19.1 Å². The van der Waals surface area contributed by atoms with Gasteiger partial charge in [-0.25, -0.2) is 0 Å². The highest BCUT2D eigenvalue weighted by molar-refractivity contribution is 5.79. The van der Waals surface area contributed by atoms with Gasteiger partial charge in [0.05, 0.1) is 0 Å². The third kappa shape index (κ3) is 5.77. The normalized spacial score (nSPS) is 16.6.